The van der Waals surface area contributed by atoms with Gasteiger partial charge in [-0.3, -0.25) is 9.36 Å². The number of fused-ring (bicyclic) bond motifs is 1. The van der Waals surface area contributed by atoms with Gasteiger partial charge < -0.3 is 14.5 Å². The Morgan fingerprint density at radius 2 is 1.81 bits per heavy atom. The van der Waals surface area contributed by atoms with E-state index < -0.39 is 15.8 Å². The minimum Gasteiger partial charge on any atom is -0.408 e. The molecule has 0 bridgehead atoms. The van der Waals surface area contributed by atoms with Gasteiger partial charge >= 0.3 is 5.76 Å². The molecular weight excluding hydrogens is 434 g/mol. The summed E-state index contributed by atoms with van der Waals surface area (Å²) < 4.78 is 38.6. The Hall–Kier alpha value is -2.95. The first-order valence-corrected chi connectivity index (χ1v) is 11.9. The first kappa shape index (κ1) is 22.3. The summed E-state index contributed by atoms with van der Waals surface area (Å²) in [5.74, 6) is -1.02. The maximum absolute atomic E-state index is 12.8. The molecule has 0 radical (unpaired) electrons. The van der Waals surface area contributed by atoms with Crippen LogP contribution < -0.4 is 11.1 Å². The lowest BCUT2D eigenvalue weighted by molar-refractivity contribution is -0.121. The summed E-state index contributed by atoms with van der Waals surface area (Å²) >= 11 is 0. The molecule has 1 aromatic heterocycles. The van der Waals surface area contributed by atoms with Crippen LogP contribution in [0.15, 0.2) is 62.6 Å². The number of benzene rings is 2. The quantitative estimate of drug-likeness (QED) is 0.510. The first-order valence-electron chi connectivity index (χ1n) is 10.5. The number of nitrogens with zero attached hydrogens (tertiary/aromatic N) is 2. The summed E-state index contributed by atoms with van der Waals surface area (Å²) in [6.45, 7) is 1.51. The number of aryl methyl sites for hydroxylation is 1. The van der Waals surface area contributed by atoms with E-state index >= 15 is 0 Å². The lowest BCUT2D eigenvalue weighted by Crippen LogP contribution is -2.40. The van der Waals surface area contributed by atoms with Crippen LogP contribution in [-0.4, -0.2) is 56.0 Å². The Bertz CT molecular complexity index is 1240. The van der Waals surface area contributed by atoms with Gasteiger partial charge in [0.1, 0.15) is 6.54 Å². The van der Waals surface area contributed by atoms with Crippen molar-refractivity contribution in [3.05, 3.63) is 64.6 Å². The fourth-order valence-electron chi connectivity index (χ4n) is 3.66. The molecule has 1 amide bonds. The lowest BCUT2D eigenvalue weighted by atomic mass is 10.1. The van der Waals surface area contributed by atoms with Gasteiger partial charge in [0.25, 0.3) is 0 Å². The minimum atomic E-state index is -3.72. The smallest absolute Gasteiger partial charge is 0.408 e. The minimum absolute atomic E-state index is 0.0400. The van der Waals surface area contributed by atoms with Crippen molar-refractivity contribution in [2.45, 2.75) is 24.3 Å². The third-order valence-corrected chi connectivity index (χ3v) is 7.25. The molecule has 3 aromatic rings. The average molecular weight is 460 g/mol. The molecule has 2 heterocycles. The molecule has 1 aliphatic rings. The van der Waals surface area contributed by atoms with E-state index in [0.29, 0.717) is 25.3 Å². The predicted octanol–water partition coefficient (Wildman–Crippen LogP) is 1.36. The fraction of sp³-hybridized carbons (Fsp3) is 0.364. The molecule has 170 valence electrons. The van der Waals surface area contributed by atoms with E-state index in [1.165, 1.54) is 32.6 Å². The number of amides is 1. The number of hydrogen-bond donors (Lipinski definition) is 1. The fourth-order valence-corrected chi connectivity index (χ4v) is 5.08. The Morgan fingerprint density at radius 3 is 2.56 bits per heavy atom. The summed E-state index contributed by atoms with van der Waals surface area (Å²) in [6, 6.07) is 14.2. The molecule has 2 aromatic carbocycles. The second-order valence-corrected chi connectivity index (χ2v) is 9.48. The molecule has 0 spiro atoms. The molecule has 0 saturated carbocycles. The number of ether oxygens (including phenoxy) is 1. The number of aromatic nitrogens is 1. The van der Waals surface area contributed by atoms with Crippen LogP contribution in [0.2, 0.25) is 0 Å². The molecule has 0 atom stereocenters. The van der Waals surface area contributed by atoms with Gasteiger partial charge in [-0.25, -0.2) is 13.2 Å². The predicted molar refractivity (Wildman–Crippen MR) is 118 cm³/mol. The zero-order valence-electron chi connectivity index (χ0n) is 17.5. The highest BCUT2D eigenvalue weighted by Crippen LogP contribution is 2.22. The number of sulfonamides is 1. The van der Waals surface area contributed by atoms with Crippen LogP contribution in [0.1, 0.15) is 12.0 Å². The van der Waals surface area contributed by atoms with Crippen molar-refractivity contribution in [2.24, 2.45) is 0 Å². The van der Waals surface area contributed by atoms with Crippen molar-refractivity contribution in [1.29, 1.82) is 0 Å². The van der Waals surface area contributed by atoms with Gasteiger partial charge in [-0.15, -0.1) is 0 Å². The van der Waals surface area contributed by atoms with Gasteiger partial charge in [0.2, 0.25) is 15.9 Å². The number of carbonyl (C=O) groups excluding carboxylic acids is 1. The zero-order valence-corrected chi connectivity index (χ0v) is 18.3. The van der Waals surface area contributed by atoms with Crippen LogP contribution in [0.4, 0.5) is 0 Å². The number of carbonyl (C=O) groups is 1. The van der Waals surface area contributed by atoms with E-state index in [1.807, 2.05) is 30.3 Å². The van der Waals surface area contributed by atoms with Crippen molar-refractivity contribution in [3.8, 4) is 0 Å². The highest BCUT2D eigenvalue weighted by Gasteiger charge is 2.27. The Balaban J connectivity index is 1.41. The zero-order chi connectivity index (χ0) is 22.6. The number of nitrogens with one attached hydrogen (secondary N) is 1. The second kappa shape index (κ2) is 9.68. The molecule has 0 unspecified atom stereocenters. The lowest BCUT2D eigenvalue weighted by Gasteiger charge is -2.25. The molecule has 9 nitrogen and oxygen atoms in total. The summed E-state index contributed by atoms with van der Waals surface area (Å²) in [6.07, 6.45) is 1.62. The maximum atomic E-state index is 12.8. The van der Waals surface area contributed by atoms with Crippen LogP contribution in [0, 0.1) is 0 Å². The highest BCUT2D eigenvalue weighted by atomic mass is 32.2. The molecule has 32 heavy (non-hydrogen) atoms. The molecule has 10 heteroatoms. The molecule has 1 aliphatic heterocycles. The van der Waals surface area contributed by atoms with Gasteiger partial charge in [-0.2, -0.15) is 4.31 Å². The molecule has 1 saturated heterocycles. The van der Waals surface area contributed by atoms with Crippen molar-refractivity contribution in [1.82, 2.24) is 14.2 Å². The third kappa shape index (κ3) is 4.93. The first-order chi connectivity index (χ1) is 15.4. The molecular formula is C22H25N3O6S. The summed E-state index contributed by atoms with van der Waals surface area (Å²) in [4.78, 5) is 24.7. The monoisotopic (exact) mass is 459 g/mol. The number of oxazole rings is 1. The van der Waals surface area contributed by atoms with Crippen molar-refractivity contribution in [3.63, 3.8) is 0 Å². The van der Waals surface area contributed by atoms with E-state index in [-0.39, 0.29) is 36.0 Å². The van der Waals surface area contributed by atoms with E-state index in [9.17, 15) is 18.0 Å². The Morgan fingerprint density at radius 1 is 1.06 bits per heavy atom. The van der Waals surface area contributed by atoms with Crippen LogP contribution in [0.5, 0.6) is 0 Å². The largest absolute Gasteiger partial charge is 0.420 e. The molecule has 0 aliphatic carbocycles. The van der Waals surface area contributed by atoms with Gasteiger partial charge in [-0.1, -0.05) is 30.3 Å². The van der Waals surface area contributed by atoms with Crippen LogP contribution in [-0.2, 0) is 32.5 Å². The van der Waals surface area contributed by atoms with E-state index in [2.05, 4.69) is 5.32 Å². The van der Waals surface area contributed by atoms with Gasteiger partial charge in [0.05, 0.1) is 23.6 Å². The van der Waals surface area contributed by atoms with E-state index in [4.69, 9.17) is 9.15 Å². The van der Waals surface area contributed by atoms with E-state index in [0.717, 1.165) is 12.8 Å². The van der Waals surface area contributed by atoms with Gasteiger partial charge in [0, 0.05) is 25.7 Å². The topological polar surface area (TPSA) is 111 Å². The number of hydrogen-bond acceptors (Lipinski definition) is 6. The van der Waals surface area contributed by atoms with Crippen LogP contribution in [0.3, 0.4) is 0 Å². The van der Waals surface area contributed by atoms with Gasteiger partial charge in [-0.05, 0) is 30.5 Å². The maximum Gasteiger partial charge on any atom is 0.420 e. The summed E-state index contributed by atoms with van der Waals surface area (Å²) in [7, 11) is -3.72. The highest BCUT2D eigenvalue weighted by molar-refractivity contribution is 7.89. The van der Waals surface area contributed by atoms with E-state index in [1.54, 1.807) is 0 Å². The molecule has 1 N–H and O–H groups in total. The van der Waals surface area contributed by atoms with Crippen LogP contribution in [0.25, 0.3) is 11.1 Å². The van der Waals surface area contributed by atoms with Crippen molar-refractivity contribution in [2.75, 3.05) is 32.8 Å². The number of morpholine rings is 1. The molecule has 1 fully saturated rings. The van der Waals surface area contributed by atoms with Crippen molar-refractivity contribution < 1.29 is 22.4 Å². The molecule has 4 rings (SSSR count). The Labute approximate surface area is 185 Å². The normalized spacial score (nSPS) is 15.1. The Kier molecular flexibility index (Phi) is 6.73. The number of rotatable bonds is 8. The van der Waals surface area contributed by atoms with Crippen LogP contribution >= 0.6 is 0 Å². The summed E-state index contributed by atoms with van der Waals surface area (Å²) in [5, 5.41) is 2.81. The second-order valence-electron chi connectivity index (χ2n) is 7.54. The summed E-state index contributed by atoms with van der Waals surface area (Å²) in [5.41, 5.74) is 1.69. The third-order valence-electron chi connectivity index (χ3n) is 5.36. The standard InChI is InChI=1S/C22H25N3O6S/c26-21(23-10-4-7-17-5-2-1-3-6-17)16-25-19-9-8-18(15-20(19)31-22(25)27)32(28,29)24-11-13-30-14-12-24/h1-3,5-6,8-9,15H,4,7,10-14,16H2,(H,23,26). The van der Waals surface area contributed by atoms with Gasteiger partial charge in [0.15, 0.2) is 5.58 Å². The SMILES string of the molecule is O=C(Cn1c(=O)oc2cc(S(=O)(=O)N3CCOCC3)ccc21)NCCCc1ccccc1. The average Bonchev–Trinajstić information content (AvgIpc) is 3.12. The van der Waals surface area contributed by atoms with Crippen molar-refractivity contribution >= 4 is 27.0 Å².